The molecule has 0 spiro atoms. The van der Waals surface area contributed by atoms with Gasteiger partial charge in [-0.15, -0.1) is 0 Å². The van der Waals surface area contributed by atoms with Crippen LogP contribution in [0.4, 0.5) is 0 Å². The Kier molecular flexibility index (Phi) is 2.88. The summed E-state index contributed by atoms with van der Waals surface area (Å²) in [6.07, 6.45) is 4.87. The van der Waals surface area contributed by atoms with Crippen LogP contribution in [0.3, 0.4) is 0 Å². The smallest absolute Gasteiger partial charge is 0.240 e. The summed E-state index contributed by atoms with van der Waals surface area (Å²) in [5.74, 6) is 2.26. The van der Waals surface area contributed by atoms with E-state index in [-0.39, 0.29) is 6.10 Å². The van der Waals surface area contributed by atoms with Gasteiger partial charge in [-0.2, -0.15) is 4.98 Å². The molecule has 0 radical (unpaired) electrons. The third-order valence-corrected chi connectivity index (χ3v) is 3.11. The number of aromatic nitrogens is 2. The Morgan fingerprint density at radius 3 is 3.00 bits per heavy atom. The molecule has 1 N–H and O–H groups in total. The van der Waals surface area contributed by atoms with Crippen molar-refractivity contribution in [2.24, 2.45) is 5.92 Å². The van der Waals surface area contributed by atoms with Gasteiger partial charge in [0.2, 0.25) is 11.7 Å². The highest BCUT2D eigenvalue weighted by molar-refractivity contribution is 4.93. The molecule has 3 rings (SSSR count). The largest absolute Gasteiger partial charge is 0.370 e. The topological polar surface area (TPSA) is 60.2 Å². The average molecular weight is 223 g/mol. The number of ether oxygens (including phenoxy) is 1. The molecule has 2 aliphatic rings. The molecule has 88 valence electrons. The molecular weight excluding hydrogens is 206 g/mol. The van der Waals surface area contributed by atoms with Crippen molar-refractivity contribution in [1.82, 2.24) is 15.5 Å². The number of nitrogens with zero attached hydrogens (tertiary/aromatic N) is 2. The van der Waals surface area contributed by atoms with Crippen LogP contribution in [0.5, 0.6) is 0 Å². The molecule has 2 heterocycles. The molecule has 5 nitrogen and oxygen atoms in total. The summed E-state index contributed by atoms with van der Waals surface area (Å²) in [7, 11) is 0. The van der Waals surface area contributed by atoms with Crippen molar-refractivity contribution >= 4 is 0 Å². The molecule has 16 heavy (non-hydrogen) atoms. The van der Waals surface area contributed by atoms with Crippen LogP contribution in [0.1, 0.15) is 43.5 Å². The monoisotopic (exact) mass is 223 g/mol. The zero-order valence-corrected chi connectivity index (χ0v) is 9.32. The molecule has 2 fully saturated rings. The molecule has 1 aromatic rings. The van der Waals surface area contributed by atoms with Gasteiger partial charge >= 0.3 is 0 Å². The molecule has 1 saturated carbocycles. The Morgan fingerprint density at radius 2 is 2.25 bits per heavy atom. The fraction of sp³-hybridized carbons (Fsp3) is 0.818. The highest BCUT2D eigenvalue weighted by Gasteiger charge is 2.23. The van der Waals surface area contributed by atoms with E-state index in [1.54, 1.807) is 0 Å². The second-order valence-electron chi connectivity index (χ2n) is 4.62. The van der Waals surface area contributed by atoms with Gasteiger partial charge in [0.1, 0.15) is 6.10 Å². The fourth-order valence-corrected chi connectivity index (χ4v) is 1.96. The van der Waals surface area contributed by atoms with Crippen molar-refractivity contribution in [3.05, 3.63) is 11.7 Å². The Balaban J connectivity index is 1.50. The van der Waals surface area contributed by atoms with E-state index in [0.717, 1.165) is 31.9 Å². The Bertz CT molecular complexity index is 343. The first-order valence-corrected chi connectivity index (χ1v) is 6.06. The third kappa shape index (κ3) is 2.41. The number of nitrogens with one attached hydrogen (secondary N) is 1. The maximum Gasteiger partial charge on any atom is 0.240 e. The van der Waals surface area contributed by atoms with E-state index in [1.807, 2.05) is 0 Å². The molecule has 1 aromatic heterocycles. The van der Waals surface area contributed by atoms with Crippen LogP contribution < -0.4 is 5.32 Å². The van der Waals surface area contributed by atoms with Gasteiger partial charge in [0.15, 0.2) is 0 Å². The SMILES string of the molecule is C1COC(c2noc(CNCC3CC3)n2)C1. The summed E-state index contributed by atoms with van der Waals surface area (Å²) in [4.78, 5) is 4.34. The molecule has 0 aromatic carbocycles. The van der Waals surface area contributed by atoms with Gasteiger partial charge in [0, 0.05) is 6.61 Å². The first-order valence-electron chi connectivity index (χ1n) is 6.06. The van der Waals surface area contributed by atoms with Crippen molar-refractivity contribution in [1.29, 1.82) is 0 Å². The summed E-state index contributed by atoms with van der Waals surface area (Å²) >= 11 is 0. The average Bonchev–Trinajstić information content (AvgIpc) is 2.83. The molecule has 5 heteroatoms. The fourth-order valence-electron chi connectivity index (χ4n) is 1.96. The second kappa shape index (κ2) is 4.51. The summed E-state index contributed by atoms with van der Waals surface area (Å²) < 4.78 is 10.7. The lowest BCUT2D eigenvalue weighted by atomic mass is 10.2. The van der Waals surface area contributed by atoms with E-state index < -0.39 is 0 Å². The van der Waals surface area contributed by atoms with Crippen LogP contribution in [-0.4, -0.2) is 23.3 Å². The van der Waals surface area contributed by atoms with E-state index in [1.165, 1.54) is 12.8 Å². The second-order valence-corrected chi connectivity index (χ2v) is 4.62. The highest BCUT2D eigenvalue weighted by atomic mass is 16.5. The predicted molar refractivity (Wildman–Crippen MR) is 56.7 cm³/mol. The van der Waals surface area contributed by atoms with Gasteiger partial charge in [-0.05, 0) is 38.1 Å². The van der Waals surface area contributed by atoms with Crippen LogP contribution in [-0.2, 0) is 11.3 Å². The van der Waals surface area contributed by atoms with Crippen molar-refractivity contribution in [3.63, 3.8) is 0 Å². The molecule has 1 aliphatic carbocycles. The summed E-state index contributed by atoms with van der Waals surface area (Å²) in [5.41, 5.74) is 0. The van der Waals surface area contributed by atoms with E-state index in [2.05, 4.69) is 15.5 Å². The minimum absolute atomic E-state index is 0.0564. The summed E-state index contributed by atoms with van der Waals surface area (Å²) in [5, 5.41) is 7.29. The normalized spacial score (nSPS) is 25.1. The van der Waals surface area contributed by atoms with Gasteiger partial charge in [-0.3, -0.25) is 0 Å². The lowest BCUT2D eigenvalue weighted by molar-refractivity contribution is 0.103. The molecule has 1 unspecified atom stereocenters. The van der Waals surface area contributed by atoms with Crippen molar-refractivity contribution < 1.29 is 9.26 Å². The van der Waals surface area contributed by atoms with E-state index in [9.17, 15) is 0 Å². The predicted octanol–water partition coefficient (Wildman–Crippen LogP) is 1.42. The van der Waals surface area contributed by atoms with Gasteiger partial charge in [-0.1, -0.05) is 5.16 Å². The van der Waals surface area contributed by atoms with Crippen LogP contribution in [0.2, 0.25) is 0 Å². The molecule has 0 amide bonds. The first-order chi connectivity index (χ1) is 7.92. The van der Waals surface area contributed by atoms with Gasteiger partial charge < -0.3 is 14.6 Å². The Labute approximate surface area is 94.6 Å². The molecule has 1 atom stereocenters. The zero-order valence-electron chi connectivity index (χ0n) is 9.32. The lowest BCUT2D eigenvalue weighted by Crippen LogP contribution is -2.16. The van der Waals surface area contributed by atoms with E-state index >= 15 is 0 Å². The van der Waals surface area contributed by atoms with Crippen molar-refractivity contribution in [3.8, 4) is 0 Å². The van der Waals surface area contributed by atoms with Crippen molar-refractivity contribution in [2.45, 2.75) is 38.3 Å². The lowest BCUT2D eigenvalue weighted by Gasteiger charge is -2.01. The Morgan fingerprint density at radius 1 is 1.31 bits per heavy atom. The number of rotatable bonds is 5. The quantitative estimate of drug-likeness (QED) is 0.818. The minimum atomic E-state index is 0.0564. The third-order valence-electron chi connectivity index (χ3n) is 3.11. The van der Waals surface area contributed by atoms with E-state index in [0.29, 0.717) is 18.3 Å². The van der Waals surface area contributed by atoms with Gasteiger partial charge in [0.05, 0.1) is 6.54 Å². The van der Waals surface area contributed by atoms with Crippen LogP contribution >= 0.6 is 0 Å². The van der Waals surface area contributed by atoms with Gasteiger partial charge in [-0.25, -0.2) is 0 Å². The summed E-state index contributed by atoms with van der Waals surface area (Å²) in [6, 6.07) is 0. The molecular formula is C11H17N3O2. The van der Waals surface area contributed by atoms with E-state index in [4.69, 9.17) is 9.26 Å². The zero-order chi connectivity index (χ0) is 10.8. The first kappa shape index (κ1) is 10.2. The number of hydrogen-bond acceptors (Lipinski definition) is 5. The highest BCUT2D eigenvalue weighted by Crippen LogP contribution is 2.28. The maximum atomic E-state index is 5.50. The number of hydrogen-bond donors (Lipinski definition) is 1. The van der Waals surface area contributed by atoms with Gasteiger partial charge in [0.25, 0.3) is 0 Å². The molecule has 1 aliphatic heterocycles. The standard InChI is InChI=1S/C11H17N3O2/c1-2-9(15-5-1)11-13-10(16-14-11)7-12-6-8-3-4-8/h8-9,12H,1-7H2. The van der Waals surface area contributed by atoms with Crippen LogP contribution in [0.15, 0.2) is 4.52 Å². The summed E-state index contributed by atoms with van der Waals surface area (Å²) in [6.45, 7) is 2.56. The van der Waals surface area contributed by atoms with Crippen LogP contribution in [0.25, 0.3) is 0 Å². The maximum absolute atomic E-state index is 5.50. The van der Waals surface area contributed by atoms with Crippen LogP contribution in [0, 0.1) is 5.92 Å². The molecule has 0 bridgehead atoms. The molecule has 1 saturated heterocycles. The minimum Gasteiger partial charge on any atom is -0.370 e. The Hall–Kier alpha value is -0.940. The van der Waals surface area contributed by atoms with Crippen molar-refractivity contribution in [2.75, 3.05) is 13.2 Å².